The van der Waals surface area contributed by atoms with Gasteiger partial charge in [0.15, 0.2) is 5.78 Å². The number of carbonyl (C=O) groups is 1. The third-order valence-corrected chi connectivity index (χ3v) is 2.27. The van der Waals surface area contributed by atoms with E-state index in [0.717, 1.165) is 19.3 Å². The Kier molecular flexibility index (Phi) is 0.826. The first kappa shape index (κ1) is 5.42. The van der Waals surface area contributed by atoms with E-state index in [1.807, 2.05) is 6.92 Å². The molecule has 0 spiro atoms. The highest BCUT2D eigenvalue weighted by molar-refractivity contribution is 5.87. The molecule has 1 saturated carbocycles. The third-order valence-electron chi connectivity index (χ3n) is 2.27. The third kappa shape index (κ3) is 0.628. The van der Waals surface area contributed by atoms with E-state index in [1.54, 1.807) is 0 Å². The molecule has 1 aliphatic heterocycles. The summed E-state index contributed by atoms with van der Waals surface area (Å²) in [7, 11) is 0. The molecule has 1 aliphatic carbocycles. The van der Waals surface area contributed by atoms with Crippen molar-refractivity contribution < 1.29 is 9.53 Å². The Hall–Kier alpha value is -0.370. The lowest BCUT2D eigenvalue weighted by molar-refractivity contribution is -0.120. The highest BCUT2D eigenvalue weighted by Gasteiger charge is 2.57. The minimum atomic E-state index is -0.0324. The van der Waals surface area contributed by atoms with Crippen LogP contribution < -0.4 is 0 Å². The zero-order valence-electron chi connectivity index (χ0n) is 5.52. The van der Waals surface area contributed by atoms with Crippen LogP contribution in [0.25, 0.3) is 0 Å². The van der Waals surface area contributed by atoms with Crippen molar-refractivity contribution in [1.82, 2.24) is 0 Å². The summed E-state index contributed by atoms with van der Waals surface area (Å²) in [5.41, 5.74) is -0.0324. The summed E-state index contributed by atoms with van der Waals surface area (Å²) in [6.45, 7) is 2.02. The van der Waals surface area contributed by atoms with Gasteiger partial charge in [-0.2, -0.15) is 0 Å². The van der Waals surface area contributed by atoms with Crippen molar-refractivity contribution >= 4 is 5.78 Å². The van der Waals surface area contributed by atoms with Crippen molar-refractivity contribution in [3.63, 3.8) is 0 Å². The van der Waals surface area contributed by atoms with Gasteiger partial charge in [-0.05, 0) is 19.8 Å². The molecule has 0 amide bonds. The first-order chi connectivity index (χ1) is 4.22. The number of Topliss-reactive ketones (excluding diaryl/α,β-unsaturated/α-hetero) is 1. The van der Waals surface area contributed by atoms with Gasteiger partial charge in [-0.25, -0.2) is 0 Å². The summed E-state index contributed by atoms with van der Waals surface area (Å²) >= 11 is 0. The minimum Gasteiger partial charge on any atom is -0.358 e. The largest absolute Gasteiger partial charge is 0.358 e. The smallest absolute Gasteiger partial charge is 0.164 e. The van der Waals surface area contributed by atoms with Gasteiger partial charge >= 0.3 is 0 Å². The van der Waals surface area contributed by atoms with Gasteiger partial charge in [-0.3, -0.25) is 4.79 Å². The van der Waals surface area contributed by atoms with Crippen LogP contribution >= 0.6 is 0 Å². The molecule has 2 nitrogen and oxygen atoms in total. The van der Waals surface area contributed by atoms with Gasteiger partial charge in [0, 0.05) is 6.42 Å². The molecule has 2 rings (SSSR count). The molecule has 0 radical (unpaired) electrons. The summed E-state index contributed by atoms with van der Waals surface area (Å²) in [5.74, 6) is 0.309. The molecule has 2 aliphatic rings. The molecular formula is C7H10O2. The van der Waals surface area contributed by atoms with E-state index in [2.05, 4.69) is 0 Å². The highest BCUT2D eigenvalue weighted by Crippen LogP contribution is 2.45. The maximum Gasteiger partial charge on any atom is 0.164 e. The van der Waals surface area contributed by atoms with E-state index in [4.69, 9.17) is 4.74 Å². The van der Waals surface area contributed by atoms with Crippen LogP contribution in [0.3, 0.4) is 0 Å². The second kappa shape index (κ2) is 1.37. The monoisotopic (exact) mass is 126 g/mol. The number of hydrogen-bond acceptors (Lipinski definition) is 2. The second-order valence-corrected chi connectivity index (χ2v) is 3.13. The Morgan fingerprint density at radius 2 is 2.56 bits per heavy atom. The molecule has 0 aromatic heterocycles. The van der Waals surface area contributed by atoms with Gasteiger partial charge in [0.05, 0.1) is 5.60 Å². The predicted molar refractivity (Wildman–Crippen MR) is 32.1 cm³/mol. The number of ketones is 1. The highest BCUT2D eigenvalue weighted by atomic mass is 16.6. The van der Waals surface area contributed by atoms with Crippen LogP contribution in [-0.2, 0) is 9.53 Å². The molecule has 1 heterocycles. The summed E-state index contributed by atoms with van der Waals surface area (Å²) in [4.78, 5) is 10.9. The Morgan fingerprint density at radius 1 is 1.78 bits per heavy atom. The SMILES string of the molecule is C[C@@]12CCCC(=O)[C@H]1O2. The number of epoxide rings is 1. The van der Waals surface area contributed by atoms with Crippen LogP contribution in [0.5, 0.6) is 0 Å². The van der Waals surface area contributed by atoms with Crippen molar-refractivity contribution in [2.75, 3.05) is 0 Å². The van der Waals surface area contributed by atoms with Gasteiger partial charge < -0.3 is 4.74 Å². The van der Waals surface area contributed by atoms with Crippen molar-refractivity contribution in [2.24, 2.45) is 0 Å². The average molecular weight is 126 g/mol. The topological polar surface area (TPSA) is 29.6 Å². The van der Waals surface area contributed by atoms with Gasteiger partial charge in [-0.15, -0.1) is 0 Å². The lowest BCUT2D eigenvalue weighted by Crippen LogP contribution is -2.22. The molecule has 0 aromatic carbocycles. The molecule has 0 aromatic rings. The van der Waals surface area contributed by atoms with Crippen LogP contribution in [0.1, 0.15) is 26.2 Å². The molecule has 2 fully saturated rings. The van der Waals surface area contributed by atoms with Crippen LogP contribution in [0.15, 0.2) is 0 Å². The van der Waals surface area contributed by atoms with E-state index in [0.29, 0.717) is 5.78 Å². The normalized spacial score (nSPS) is 48.6. The van der Waals surface area contributed by atoms with E-state index >= 15 is 0 Å². The van der Waals surface area contributed by atoms with Crippen molar-refractivity contribution in [1.29, 1.82) is 0 Å². The number of hydrogen-bond donors (Lipinski definition) is 0. The molecule has 0 unspecified atom stereocenters. The van der Waals surface area contributed by atoms with E-state index < -0.39 is 0 Å². The maximum atomic E-state index is 10.9. The molecule has 50 valence electrons. The molecule has 9 heavy (non-hydrogen) atoms. The maximum absolute atomic E-state index is 10.9. The summed E-state index contributed by atoms with van der Waals surface area (Å²) < 4.78 is 5.23. The van der Waals surface area contributed by atoms with Crippen LogP contribution in [0.4, 0.5) is 0 Å². The lowest BCUT2D eigenvalue weighted by atomic mass is 9.90. The van der Waals surface area contributed by atoms with Gasteiger partial charge in [0.25, 0.3) is 0 Å². The second-order valence-electron chi connectivity index (χ2n) is 3.13. The Bertz CT molecular complexity index is 164. The number of carbonyl (C=O) groups excluding carboxylic acids is 1. The molecule has 2 atom stereocenters. The number of rotatable bonds is 0. The Labute approximate surface area is 54.2 Å². The number of fused-ring (bicyclic) bond motifs is 1. The van der Waals surface area contributed by atoms with Crippen LogP contribution in [0, 0.1) is 0 Å². The van der Waals surface area contributed by atoms with Crippen molar-refractivity contribution in [3.05, 3.63) is 0 Å². The summed E-state index contributed by atoms with van der Waals surface area (Å²) in [6.07, 6.45) is 2.81. The lowest BCUT2D eigenvalue weighted by Gasteiger charge is -2.09. The molecule has 2 heteroatoms. The zero-order valence-corrected chi connectivity index (χ0v) is 5.52. The summed E-state index contributed by atoms with van der Waals surface area (Å²) in [6, 6.07) is 0. The van der Waals surface area contributed by atoms with Crippen molar-refractivity contribution in [2.45, 2.75) is 37.9 Å². The number of ether oxygens (including phenoxy) is 1. The zero-order chi connectivity index (χ0) is 6.48. The Balaban J connectivity index is 2.16. The van der Waals surface area contributed by atoms with Crippen LogP contribution in [0.2, 0.25) is 0 Å². The first-order valence-electron chi connectivity index (χ1n) is 3.43. The molecule has 1 saturated heterocycles. The molecule has 0 N–H and O–H groups in total. The van der Waals surface area contributed by atoms with Crippen molar-refractivity contribution in [3.8, 4) is 0 Å². The quantitative estimate of drug-likeness (QED) is 0.451. The fraction of sp³-hybridized carbons (Fsp3) is 0.857. The molecular weight excluding hydrogens is 116 g/mol. The van der Waals surface area contributed by atoms with Crippen LogP contribution in [-0.4, -0.2) is 17.5 Å². The summed E-state index contributed by atoms with van der Waals surface area (Å²) in [5, 5.41) is 0. The fourth-order valence-corrected chi connectivity index (χ4v) is 1.58. The van der Waals surface area contributed by atoms with E-state index in [-0.39, 0.29) is 11.7 Å². The fourth-order valence-electron chi connectivity index (χ4n) is 1.58. The van der Waals surface area contributed by atoms with Gasteiger partial charge in [0.1, 0.15) is 6.10 Å². The predicted octanol–water partition coefficient (Wildman–Crippen LogP) is 0.897. The average Bonchev–Trinajstić information content (AvgIpc) is 2.43. The van der Waals surface area contributed by atoms with Gasteiger partial charge in [0.2, 0.25) is 0 Å². The minimum absolute atomic E-state index is 0.0220. The Morgan fingerprint density at radius 3 is 3.11 bits per heavy atom. The van der Waals surface area contributed by atoms with E-state index in [1.165, 1.54) is 0 Å². The standard InChI is InChI=1S/C7H10O2/c1-7-4-2-3-5(8)6(7)9-7/h6H,2-4H2,1H3/t6-,7-/m1/s1. The van der Waals surface area contributed by atoms with E-state index in [9.17, 15) is 4.79 Å². The molecule has 0 bridgehead atoms. The van der Waals surface area contributed by atoms with Gasteiger partial charge in [-0.1, -0.05) is 0 Å². The first-order valence-corrected chi connectivity index (χ1v) is 3.43.